The molecular formula is C18H17Cl2NO3. The molecule has 1 saturated carbocycles. The van der Waals surface area contributed by atoms with Gasteiger partial charge in [0.15, 0.2) is 5.75 Å². The zero-order valence-electron chi connectivity index (χ0n) is 12.9. The second-order valence-electron chi connectivity index (χ2n) is 5.54. The number of para-hydroxylation sites is 1. The summed E-state index contributed by atoms with van der Waals surface area (Å²) >= 11 is 12.1. The molecule has 0 spiro atoms. The summed E-state index contributed by atoms with van der Waals surface area (Å²) in [6.07, 6.45) is 1.98. The van der Waals surface area contributed by atoms with E-state index in [0.29, 0.717) is 34.8 Å². The summed E-state index contributed by atoms with van der Waals surface area (Å²) < 4.78 is 11.2. The van der Waals surface area contributed by atoms with Crippen LogP contribution in [0.4, 0.5) is 5.69 Å². The van der Waals surface area contributed by atoms with Gasteiger partial charge in [0.1, 0.15) is 19.0 Å². The first-order valence-corrected chi connectivity index (χ1v) is 8.49. The molecule has 0 bridgehead atoms. The minimum Gasteiger partial charge on any atom is -0.490 e. The van der Waals surface area contributed by atoms with E-state index < -0.39 is 0 Å². The van der Waals surface area contributed by atoms with Gasteiger partial charge >= 0.3 is 0 Å². The van der Waals surface area contributed by atoms with Crippen LogP contribution in [0.3, 0.4) is 0 Å². The summed E-state index contributed by atoms with van der Waals surface area (Å²) in [5, 5.41) is 3.83. The van der Waals surface area contributed by atoms with Crippen LogP contribution in [-0.2, 0) is 4.79 Å². The summed E-state index contributed by atoms with van der Waals surface area (Å²) in [6, 6.07) is 12.5. The number of rotatable bonds is 7. The molecule has 1 aliphatic rings. The van der Waals surface area contributed by atoms with E-state index in [1.807, 2.05) is 24.3 Å². The highest BCUT2D eigenvalue weighted by atomic mass is 35.5. The standard InChI is InChI=1S/C18H17Cl2NO3/c19-15-2-1-3-16(20)17(15)24-11-10-23-14-8-6-13(7-9-14)21-18(22)12-4-5-12/h1-3,6-9,12H,4-5,10-11H2,(H,21,22). The van der Waals surface area contributed by atoms with E-state index in [2.05, 4.69) is 5.32 Å². The number of hydrogen-bond donors (Lipinski definition) is 1. The fraction of sp³-hybridized carbons (Fsp3) is 0.278. The second-order valence-corrected chi connectivity index (χ2v) is 6.35. The molecule has 4 nitrogen and oxygen atoms in total. The van der Waals surface area contributed by atoms with Crippen molar-refractivity contribution in [3.05, 3.63) is 52.5 Å². The maximum Gasteiger partial charge on any atom is 0.227 e. The van der Waals surface area contributed by atoms with Gasteiger partial charge in [-0.2, -0.15) is 0 Å². The predicted octanol–water partition coefficient (Wildman–Crippen LogP) is 4.80. The third-order valence-electron chi connectivity index (χ3n) is 3.59. The minimum absolute atomic E-state index is 0.0914. The fourth-order valence-electron chi connectivity index (χ4n) is 2.15. The molecule has 1 fully saturated rings. The zero-order chi connectivity index (χ0) is 16.9. The van der Waals surface area contributed by atoms with Crippen molar-refractivity contribution in [2.75, 3.05) is 18.5 Å². The Bertz CT molecular complexity index is 694. The third kappa shape index (κ3) is 4.56. The molecule has 3 rings (SSSR count). The van der Waals surface area contributed by atoms with Crippen LogP contribution in [-0.4, -0.2) is 19.1 Å². The summed E-state index contributed by atoms with van der Waals surface area (Å²) in [5.41, 5.74) is 0.776. The molecule has 1 aliphatic carbocycles. The third-order valence-corrected chi connectivity index (χ3v) is 4.18. The van der Waals surface area contributed by atoms with Crippen LogP contribution >= 0.6 is 23.2 Å². The first kappa shape index (κ1) is 16.9. The molecule has 0 aliphatic heterocycles. The first-order valence-electron chi connectivity index (χ1n) is 7.74. The van der Waals surface area contributed by atoms with Gasteiger partial charge in [-0.05, 0) is 49.2 Å². The Hall–Kier alpha value is -1.91. The maximum atomic E-state index is 11.7. The van der Waals surface area contributed by atoms with Gasteiger partial charge in [0.25, 0.3) is 0 Å². The van der Waals surface area contributed by atoms with Crippen LogP contribution in [0.5, 0.6) is 11.5 Å². The quantitative estimate of drug-likeness (QED) is 0.716. The Morgan fingerprint density at radius 3 is 2.25 bits per heavy atom. The van der Waals surface area contributed by atoms with E-state index >= 15 is 0 Å². The molecule has 1 amide bonds. The number of amides is 1. The van der Waals surface area contributed by atoms with Crippen molar-refractivity contribution in [1.29, 1.82) is 0 Å². The Kier molecular flexibility index (Phi) is 5.48. The lowest BCUT2D eigenvalue weighted by Gasteiger charge is -2.11. The highest BCUT2D eigenvalue weighted by molar-refractivity contribution is 6.37. The first-order chi connectivity index (χ1) is 11.6. The number of hydrogen-bond acceptors (Lipinski definition) is 3. The van der Waals surface area contributed by atoms with Crippen LogP contribution in [0.1, 0.15) is 12.8 Å². The van der Waals surface area contributed by atoms with Gasteiger partial charge in [-0.15, -0.1) is 0 Å². The lowest BCUT2D eigenvalue weighted by molar-refractivity contribution is -0.117. The van der Waals surface area contributed by atoms with E-state index in [1.165, 1.54) is 0 Å². The van der Waals surface area contributed by atoms with Crippen molar-refractivity contribution < 1.29 is 14.3 Å². The van der Waals surface area contributed by atoms with Crippen molar-refractivity contribution in [3.8, 4) is 11.5 Å². The molecule has 0 atom stereocenters. The Morgan fingerprint density at radius 1 is 1.00 bits per heavy atom. The molecule has 0 radical (unpaired) electrons. The van der Waals surface area contributed by atoms with Gasteiger partial charge in [0.2, 0.25) is 5.91 Å². The number of nitrogens with one attached hydrogen (secondary N) is 1. The SMILES string of the molecule is O=C(Nc1ccc(OCCOc2c(Cl)cccc2Cl)cc1)C1CC1. The van der Waals surface area contributed by atoms with Gasteiger partial charge in [0, 0.05) is 11.6 Å². The van der Waals surface area contributed by atoms with Crippen LogP contribution < -0.4 is 14.8 Å². The highest BCUT2D eigenvalue weighted by Crippen LogP contribution is 2.32. The molecular weight excluding hydrogens is 349 g/mol. The van der Waals surface area contributed by atoms with Crippen LogP contribution in [0, 0.1) is 5.92 Å². The lowest BCUT2D eigenvalue weighted by Crippen LogP contribution is -2.13. The van der Waals surface area contributed by atoms with Gasteiger partial charge in [-0.25, -0.2) is 0 Å². The topological polar surface area (TPSA) is 47.6 Å². The van der Waals surface area contributed by atoms with E-state index in [-0.39, 0.29) is 11.8 Å². The average molecular weight is 366 g/mol. The summed E-state index contributed by atoms with van der Waals surface area (Å²) in [5.74, 6) is 1.44. The number of ether oxygens (including phenoxy) is 2. The van der Waals surface area contributed by atoms with Gasteiger partial charge in [0.05, 0.1) is 10.0 Å². The van der Waals surface area contributed by atoms with Crippen molar-refractivity contribution >= 4 is 34.8 Å². The molecule has 1 N–H and O–H groups in total. The molecule has 0 heterocycles. The average Bonchev–Trinajstić information content (AvgIpc) is 3.40. The normalized spacial score (nSPS) is 13.4. The molecule has 0 aromatic heterocycles. The number of anilines is 1. The van der Waals surface area contributed by atoms with Crippen LogP contribution in [0.15, 0.2) is 42.5 Å². The Balaban J connectivity index is 1.44. The fourth-order valence-corrected chi connectivity index (χ4v) is 2.65. The van der Waals surface area contributed by atoms with Crippen molar-refractivity contribution in [1.82, 2.24) is 0 Å². The number of carbonyl (C=O) groups is 1. The summed E-state index contributed by atoms with van der Waals surface area (Å²) in [6.45, 7) is 0.680. The smallest absolute Gasteiger partial charge is 0.227 e. The molecule has 2 aromatic carbocycles. The molecule has 6 heteroatoms. The number of carbonyl (C=O) groups excluding carboxylic acids is 1. The highest BCUT2D eigenvalue weighted by Gasteiger charge is 2.29. The van der Waals surface area contributed by atoms with Crippen molar-refractivity contribution in [3.63, 3.8) is 0 Å². The maximum absolute atomic E-state index is 11.7. The van der Waals surface area contributed by atoms with Crippen LogP contribution in [0.2, 0.25) is 10.0 Å². The second kappa shape index (κ2) is 7.77. The summed E-state index contributed by atoms with van der Waals surface area (Å²) in [7, 11) is 0. The van der Waals surface area contributed by atoms with Gasteiger partial charge in [-0.1, -0.05) is 29.3 Å². The monoisotopic (exact) mass is 365 g/mol. The van der Waals surface area contributed by atoms with Crippen LogP contribution in [0.25, 0.3) is 0 Å². The van der Waals surface area contributed by atoms with Gasteiger partial charge < -0.3 is 14.8 Å². The van der Waals surface area contributed by atoms with E-state index in [0.717, 1.165) is 18.5 Å². The molecule has 24 heavy (non-hydrogen) atoms. The minimum atomic E-state index is 0.0914. The van der Waals surface area contributed by atoms with E-state index in [1.54, 1.807) is 18.2 Å². The Labute approximate surface area is 150 Å². The number of halogens is 2. The van der Waals surface area contributed by atoms with Crippen molar-refractivity contribution in [2.45, 2.75) is 12.8 Å². The van der Waals surface area contributed by atoms with E-state index in [4.69, 9.17) is 32.7 Å². The van der Waals surface area contributed by atoms with E-state index in [9.17, 15) is 4.79 Å². The summed E-state index contributed by atoms with van der Waals surface area (Å²) in [4.78, 5) is 11.7. The number of benzene rings is 2. The van der Waals surface area contributed by atoms with Crippen molar-refractivity contribution in [2.24, 2.45) is 5.92 Å². The molecule has 0 unspecified atom stereocenters. The molecule has 126 valence electrons. The lowest BCUT2D eigenvalue weighted by atomic mass is 10.3. The molecule has 2 aromatic rings. The Morgan fingerprint density at radius 2 is 1.62 bits per heavy atom. The van der Waals surface area contributed by atoms with Gasteiger partial charge in [-0.3, -0.25) is 4.79 Å². The molecule has 0 saturated heterocycles. The zero-order valence-corrected chi connectivity index (χ0v) is 14.4. The predicted molar refractivity (Wildman–Crippen MR) is 95.2 cm³/mol. The largest absolute Gasteiger partial charge is 0.490 e.